The lowest BCUT2D eigenvalue weighted by molar-refractivity contribution is -0.538. The van der Waals surface area contributed by atoms with E-state index < -0.39 is 18.2 Å². The molecule has 1 saturated heterocycles. The van der Waals surface area contributed by atoms with Gasteiger partial charge in [-0.3, -0.25) is 10.1 Å². The Bertz CT molecular complexity index is 480. The van der Waals surface area contributed by atoms with Crippen LogP contribution in [0.3, 0.4) is 0 Å². The standard InChI is InChI=1S/C12H12N2O4/c13-6-8-1-3-9(4-2-8)10-5-12(15)18-7-11(10)14(16)17/h1-4,10-12,15H,5,7H2. The fraction of sp³-hybridized carbons (Fsp3) is 0.417. The van der Waals surface area contributed by atoms with Gasteiger partial charge in [-0.2, -0.15) is 5.26 Å². The van der Waals surface area contributed by atoms with Crippen LogP contribution in [-0.2, 0) is 4.74 Å². The zero-order chi connectivity index (χ0) is 13.1. The number of hydrogen-bond acceptors (Lipinski definition) is 5. The Balaban J connectivity index is 2.26. The van der Waals surface area contributed by atoms with Crippen LogP contribution in [0.1, 0.15) is 23.5 Å². The first-order chi connectivity index (χ1) is 8.61. The third kappa shape index (κ3) is 2.47. The molecule has 1 aromatic rings. The van der Waals surface area contributed by atoms with E-state index in [9.17, 15) is 15.2 Å². The minimum absolute atomic E-state index is 0.0984. The second-order valence-electron chi connectivity index (χ2n) is 4.22. The van der Waals surface area contributed by atoms with E-state index in [0.29, 0.717) is 5.56 Å². The summed E-state index contributed by atoms with van der Waals surface area (Å²) in [4.78, 5) is 10.6. The minimum atomic E-state index is -0.971. The first kappa shape index (κ1) is 12.5. The maximum absolute atomic E-state index is 11.0. The largest absolute Gasteiger partial charge is 0.368 e. The van der Waals surface area contributed by atoms with Crippen LogP contribution in [0, 0.1) is 21.4 Å². The van der Waals surface area contributed by atoms with Gasteiger partial charge in [-0.1, -0.05) is 12.1 Å². The molecule has 1 N–H and O–H groups in total. The summed E-state index contributed by atoms with van der Waals surface area (Å²) in [6.07, 6.45) is -0.779. The first-order valence-electron chi connectivity index (χ1n) is 5.55. The zero-order valence-electron chi connectivity index (χ0n) is 9.52. The number of benzene rings is 1. The summed E-state index contributed by atoms with van der Waals surface area (Å²) in [5, 5.41) is 29.1. The highest BCUT2D eigenvalue weighted by molar-refractivity contribution is 5.33. The van der Waals surface area contributed by atoms with Crippen molar-refractivity contribution in [3.05, 3.63) is 45.5 Å². The second-order valence-corrected chi connectivity index (χ2v) is 4.22. The fourth-order valence-electron chi connectivity index (χ4n) is 2.14. The van der Waals surface area contributed by atoms with E-state index >= 15 is 0 Å². The summed E-state index contributed by atoms with van der Waals surface area (Å²) in [6.45, 7) is -0.0984. The molecule has 1 aliphatic rings. The zero-order valence-corrected chi connectivity index (χ0v) is 9.52. The summed E-state index contributed by atoms with van der Waals surface area (Å²) in [5.74, 6) is -0.392. The summed E-state index contributed by atoms with van der Waals surface area (Å²) in [6, 6.07) is 7.75. The van der Waals surface area contributed by atoms with Gasteiger partial charge in [0.15, 0.2) is 6.29 Å². The SMILES string of the molecule is N#Cc1ccc(C2CC(O)OCC2[N+](=O)[O-])cc1. The lowest BCUT2D eigenvalue weighted by Gasteiger charge is -2.29. The first-order valence-corrected chi connectivity index (χ1v) is 5.55. The highest BCUT2D eigenvalue weighted by atomic mass is 16.6. The maximum atomic E-state index is 11.0. The third-order valence-corrected chi connectivity index (χ3v) is 3.12. The predicted octanol–water partition coefficient (Wildman–Crippen LogP) is 1.03. The van der Waals surface area contributed by atoms with Crippen LogP contribution in [0.4, 0.5) is 0 Å². The molecule has 1 fully saturated rings. The van der Waals surface area contributed by atoms with Crippen molar-refractivity contribution in [2.45, 2.75) is 24.7 Å². The highest BCUT2D eigenvalue weighted by Gasteiger charge is 2.39. The lowest BCUT2D eigenvalue weighted by atomic mass is 9.87. The number of nitriles is 1. The highest BCUT2D eigenvalue weighted by Crippen LogP contribution is 2.31. The molecule has 94 valence electrons. The van der Waals surface area contributed by atoms with E-state index in [1.165, 1.54) is 0 Å². The lowest BCUT2D eigenvalue weighted by Crippen LogP contribution is -2.40. The number of nitrogens with zero attached hydrogens (tertiary/aromatic N) is 2. The molecule has 0 amide bonds. The van der Waals surface area contributed by atoms with Crippen molar-refractivity contribution in [2.75, 3.05) is 6.61 Å². The molecule has 1 aliphatic heterocycles. The Hall–Kier alpha value is -1.97. The molecular weight excluding hydrogens is 236 g/mol. The van der Waals surface area contributed by atoms with Gasteiger partial charge in [0.05, 0.1) is 17.6 Å². The Morgan fingerprint density at radius 2 is 2.11 bits per heavy atom. The molecule has 18 heavy (non-hydrogen) atoms. The van der Waals surface area contributed by atoms with Crippen LogP contribution in [0.5, 0.6) is 0 Å². The van der Waals surface area contributed by atoms with Crippen molar-refractivity contribution in [3.63, 3.8) is 0 Å². The average Bonchev–Trinajstić information content (AvgIpc) is 2.38. The van der Waals surface area contributed by atoms with Crippen LogP contribution in [0.2, 0.25) is 0 Å². The van der Waals surface area contributed by atoms with Gasteiger partial charge >= 0.3 is 0 Å². The molecular formula is C12H12N2O4. The molecule has 0 saturated carbocycles. The van der Waals surface area contributed by atoms with E-state index in [-0.39, 0.29) is 18.0 Å². The summed E-state index contributed by atoms with van der Waals surface area (Å²) < 4.78 is 4.91. The quantitative estimate of drug-likeness (QED) is 0.622. The van der Waals surface area contributed by atoms with Gasteiger partial charge in [-0.25, -0.2) is 0 Å². The fourth-order valence-corrected chi connectivity index (χ4v) is 2.14. The van der Waals surface area contributed by atoms with E-state index in [1.54, 1.807) is 24.3 Å². The molecule has 6 heteroatoms. The van der Waals surface area contributed by atoms with Crippen molar-refractivity contribution in [3.8, 4) is 6.07 Å². The van der Waals surface area contributed by atoms with Crippen molar-refractivity contribution in [2.24, 2.45) is 0 Å². The van der Waals surface area contributed by atoms with Gasteiger partial charge in [0.25, 0.3) is 0 Å². The Labute approximate surface area is 104 Å². The predicted molar refractivity (Wildman–Crippen MR) is 61.3 cm³/mol. The third-order valence-electron chi connectivity index (χ3n) is 3.12. The van der Waals surface area contributed by atoms with Crippen molar-refractivity contribution < 1.29 is 14.8 Å². The van der Waals surface area contributed by atoms with Gasteiger partial charge in [0, 0.05) is 11.3 Å². The Morgan fingerprint density at radius 1 is 1.44 bits per heavy atom. The van der Waals surface area contributed by atoms with Crippen LogP contribution in [0.15, 0.2) is 24.3 Å². The van der Waals surface area contributed by atoms with Gasteiger partial charge in [-0.05, 0) is 17.7 Å². The van der Waals surface area contributed by atoms with Crippen molar-refractivity contribution in [1.29, 1.82) is 5.26 Å². The number of aliphatic hydroxyl groups is 1. The van der Waals surface area contributed by atoms with Gasteiger partial charge in [-0.15, -0.1) is 0 Å². The van der Waals surface area contributed by atoms with Crippen LogP contribution < -0.4 is 0 Å². The van der Waals surface area contributed by atoms with Crippen molar-refractivity contribution in [1.82, 2.24) is 0 Å². The average molecular weight is 248 g/mol. The van der Waals surface area contributed by atoms with Crippen LogP contribution in [-0.4, -0.2) is 29.0 Å². The van der Waals surface area contributed by atoms with E-state index in [1.807, 2.05) is 6.07 Å². The second kappa shape index (κ2) is 5.12. The van der Waals surface area contributed by atoms with E-state index in [4.69, 9.17) is 10.00 Å². The van der Waals surface area contributed by atoms with E-state index in [0.717, 1.165) is 5.56 Å². The Morgan fingerprint density at radius 3 is 2.67 bits per heavy atom. The summed E-state index contributed by atoms with van der Waals surface area (Å²) in [7, 11) is 0. The molecule has 6 nitrogen and oxygen atoms in total. The number of hydrogen-bond donors (Lipinski definition) is 1. The minimum Gasteiger partial charge on any atom is -0.368 e. The number of aliphatic hydroxyl groups excluding tert-OH is 1. The van der Waals surface area contributed by atoms with Crippen LogP contribution >= 0.6 is 0 Å². The Kier molecular flexibility index (Phi) is 3.55. The van der Waals surface area contributed by atoms with Gasteiger partial charge < -0.3 is 9.84 Å². The summed E-state index contributed by atoms with van der Waals surface area (Å²) >= 11 is 0. The molecule has 0 radical (unpaired) electrons. The molecule has 2 rings (SSSR count). The van der Waals surface area contributed by atoms with Gasteiger partial charge in [0.1, 0.15) is 6.61 Å². The monoisotopic (exact) mass is 248 g/mol. The number of nitro groups is 1. The van der Waals surface area contributed by atoms with Gasteiger partial charge in [0.2, 0.25) is 6.04 Å². The van der Waals surface area contributed by atoms with E-state index in [2.05, 4.69) is 0 Å². The molecule has 0 bridgehead atoms. The number of ether oxygens (including phenoxy) is 1. The molecule has 3 unspecified atom stereocenters. The molecule has 1 heterocycles. The molecule has 3 atom stereocenters. The molecule has 0 aliphatic carbocycles. The van der Waals surface area contributed by atoms with Crippen molar-refractivity contribution >= 4 is 0 Å². The smallest absolute Gasteiger partial charge is 0.243 e. The number of rotatable bonds is 2. The molecule has 0 spiro atoms. The van der Waals surface area contributed by atoms with Crippen LogP contribution in [0.25, 0.3) is 0 Å². The molecule has 1 aromatic carbocycles. The molecule has 0 aromatic heterocycles. The maximum Gasteiger partial charge on any atom is 0.243 e. The normalized spacial score (nSPS) is 27.4. The topological polar surface area (TPSA) is 96.4 Å². The summed E-state index contributed by atoms with van der Waals surface area (Å²) in [5.41, 5.74) is 1.25.